The Balaban J connectivity index is -0.0000000267. The van der Waals surface area contributed by atoms with Crippen LogP contribution in [0, 0.1) is 0 Å². The van der Waals surface area contributed by atoms with E-state index in [2.05, 4.69) is 0 Å². The molecule has 0 heterocycles. The summed E-state index contributed by atoms with van der Waals surface area (Å²) in [4.78, 5) is 0. The fourth-order valence-corrected chi connectivity index (χ4v) is 0. The Bertz CT molecular complexity index is 60.2. The van der Waals surface area contributed by atoms with E-state index in [9.17, 15) is 0 Å². The molecule has 0 atom stereocenters. The average Bonchev–Trinajstić information content (AvgIpc) is 0.722. The Kier molecular flexibility index (Phi) is 25.9. The Morgan fingerprint density at radius 2 is 1.00 bits per heavy atom. The van der Waals surface area contributed by atoms with Crippen LogP contribution in [0.25, 0.3) is 0 Å². The van der Waals surface area contributed by atoms with Crippen molar-refractivity contribution in [2.24, 2.45) is 0 Å². The summed E-state index contributed by atoms with van der Waals surface area (Å²) in [6, 6.07) is 0. The van der Waals surface area contributed by atoms with Gasteiger partial charge >= 0.3 is 89.7 Å². The van der Waals surface area contributed by atoms with E-state index >= 15 is 0 Å². The van der Waals surface area contributed by atoms with Crippen LogP contribution < -0.4 is 71.4 Å². The maximum atomic E-state index is 8.61. The van der Waals surface area contributed by atoms with Crippen LogP contribution in [0.3, 0.4) is 0 Å². The zero-order chi connectivity index (χ0) is 4.50. The molecule has 0 fully saturated rings. The van der Waals surface area contributed by atoms with E-state index in [1.54, 1.807) is 0 Å². The van der Waals surface area contributed by atoms with E-state index in [4.69, 9.17) is 16.0 Å². The fraction of sp³-hybridized carbons (Fsp3) is 1.00. The van der Waals surface area contributed by atoms with Crippen LogP contribution in [-0.4, -0.2) is 14.5 Å². The van der Waals surface area contributed by atoms with Gasteiger partial charge in [0.2, 0.25) is 0 Å². The minimum Gasteiger partial charge on any atom is 1.00 e. The molecule has 40 valence electrons. The zero-order valence-corrected chi connectivity index (χ0v) is 9.96. The quantitative estimate of drug-likeness (QED) is 0.364. The van der Waals surface area contributed by atoms with Crippen molar-refractivity contribution in [3.05, 3.63) is 0 Å². The zero-order valence-electron chi connectivity index (χ0n) is 4.08. The van der Waals surface area contributed by atoms with Crippen molar-refractivity contribution in [1.29, 1.82) is 0 Å². The summed E-state index contributed by atoms with van der Waals surface area (Å²) in [5.41, 5.74) is 0. The average molecular weight is 201 g/mol. The minimum atomic E-state index is -5.88. The summed E-state index contributed by atoms with van der Waals surface area (Å²) in [6.07, 6.45) is 0. The molecule has 4 nitrogen and oxygen atoms in total. The van der Waals surface area contributed by atoms with Crippen molar-refractivity contribution < 1.29 is 75.1 Å². The summed E-state index contributed by atoms with van der Waals surface area (Å²) in [5, 5.41) is 0. The molecule has 0 bridgehead atoms. The smallest absolute Gasteiger partial charge is 1.00 e. The van der Waals surface area contributed by atoms with Gasteiger partial charge in [-0.25, -0.2) is 0 Å². The van der Waals surface area contributed by atoms with E-state index < -0.39 is 14.5 Å². The summed E-state index contributed by atoms with van der Waals surface area (Å²) >= 11 is -5.88. The molecule has 0 aromatic carbocycles. The van der Waals surface area contributed by atoms with E-state index in [1.165, 1.54) is 0 Å². The molecule has 8 heavy (non-hydrogen) atoms. The summed E-state index contributed by atoms with van der Waals surface area (Å²) < 4.78 is 34.4. The molecule has 0 rings (SSSR count). The van der Waals surface area contributed by atoms with Crippen molar-refractivity contribution >= 4 is 14.5 Å². The van der Waals surface area contributed by atoms with Crippen molar-refractivity contribution in [1.82, 2.24) is 0 Å². The first-order valence-electron chi connectivity index (χ1n) is 0.730. The summed E-state index contributed by atoms with van der Waals surface area (Å²) in [6.45, 7) is 0. The molecule has 7 heteroatoms. The van der Waals surface area contributed by atoms with Crippen molar-refractivity contribution in [3.63, 3.8) is 0 Å². The van der Waals surface area contributed by atoms with Crippen LogP contribution in [0.15, 0.2) is 0 Å². The van der Waals surface area contributed by atoms with Crippen LogP contribution in [0.4, 0.5) is 0 Å². The van der Waals surface area contributed by atoms with Gasteiger partial charge in [-0.1, -0.05) is 7.43 Å². The number of hydrogen-bond donors (Lipinski definition) is 0. The maximum absolute atomic E-state index is 8.61. The second kappa shape index (κ2) is 9.24. The van der Waals surface area contributed by atoms with Gasteiger partial charge in [-0.2, -0.15) is 0 Å². The second-order valence-corrected chi connectivity index (χ2v) is 2.32. The first kappa shape index (κ1) is 22.5. The van der Waals surface area contributed by atoms with Crippen LogP contribution >= 0.6 is 0 Å². The topological polar surface area (TPSA) is 86.2 Å². The minimum absolute atomic E-state index is 0. The largest absolute Gasteiger partial charge is 1.00 e. The standard InChI is InChI=1S/CH4.AsH3O4.2Na/c;2-1(3,4)5;;/h1H4;(H3,2,3,4,5);;/q;;2*+1/p-3. The second-order valence-electron chi connectivity index (χ2n) is 0.447. The van der Waals surface area contributed by atoms with Crippen LogP contribution in [0.5, 0.6) is 0 Å². The molecule has 0 unspecified atom stereocenters. The third-order valence-electron chi connectivity index (χ3n) is 0. The third kappa shape index (κ3) is 86.1. The van der Waals surface area contributed by atoms with Gasteiger partial charge in [0.1, 0.15) is 0 Å². The van der Waals surface area contributed by atoms with E-state index in [-0.39, 0.29) is 66.5 Å². The molecule has 0 N–H and O–H groups in total. The van der Waals surface area contributed by atoms with Crippen LogP contribution in [0.1, 0.15) is 7.43 Å². The van der Waals surface area contributed by atoms with Gasteiger partial charge in [-0.05, 0) is 0 Å². The Labute approximate surface area is 95.6 Å². The van der Waals surface area contributed by atoms with Crippen LogP contribution in [0.2, 0.25) is 0 Å². The predicted octanol–water partition coefficient (Wildman–Crippen LogP) is -9.42. The molecule has 0 saturated carbocycles. The molecule has 0 amide bonds. The first-order chi connectivity index (χ1) is 2.00. The van der Waals surface area contributed by atoms with Gasteiger partial charge in [0.15, 0.2) is 0 Å². The van der Waals surface area contributed by atoms with Crippen molar-refractivity contribution in [2.75, 3.05) is 0 Å². The third-order valence-corrected chi connectivity index (χ3v) is 0. The fourth-order valence-electron chi connectivity index (χ4n) is 0. The summed E-state index contributed by atoms with van der Waals surface area (Å²) in [7, 11) is 0. The number of rotatable bonds is 0. The Morgan fingerprint density at radius 3 is 1.00 bits per heavy atom. The molecule has 0 saturated heterocycles. The van der Waals surface area contributed by atoms with Crippen molar-refractivity contribution in [2.45, 2.75) is 7.43 Å². The van der Waals surface area contributed by atoms with Gasteiger partial charge in [0.05, 0.1) is 0 Å². The predicted molar refractivity (Wildman–Crippen MR) is 13.2 cm³/mol. The molecule has 0 aliphatic carbocycles. The molecule has 0 aliphatic rings. The molecule has 0 aromatic heterocycles. The number of hydrogen-bond acceptors (Lipinski definition) is 4. The van der Waals surface area contributed by atoms with Gasteiger partial charge in [0, 0.05) is 0 Å². The maximum Gasteiger partial charge on any atom is 1.00 e. The van der Waals surface area contributed by atoms with E-state index in [0.717, 1.165) is 0 Å². The molecule has 0 spiro atoms. The monoisotopic (exact) mass is 201 g/mol. The Morgan fingerprint density at radius 1 is 1.00 bits per heavy atom. The molecule has 0 aliphatic heterocycles. The van der Waals surface area contributed by atoms with Gasteiger partial charge in [0.25, 0.3) is 0 Å². The first-order valence-corrected chi connectivity index (χ1v) is 3.79. The van der Waals surface area contributed by atoms with E-state index in [1.807, 2.05) is 0 Å². The van der Waals surface area contributed by atoms with Crippen LogP contribution in [-0.2, 0) is 3.74 Å². The SMILES string of the molecule is C.O=[As]([O-])([O-])[O-].[Na+].[Na+]. The molecule has 0 aromatic rings. The van der Waals surface area contributed by atoms with E-state index in [0.29, 0.717) is 0 Å². The normalized spacial score (nSPS) is 7.38. The van der Waals surface area contributed by atoms with Gasteiger partial charge in [-0.3, -0.25) is 0 Å². The molecular formula is CH4AsNa2O4-. The van der Waals surface area contributed by atoms with Gasteiger partial charge in [-0.15, -0.1) is 0 Å². The summed E-state index contributed by atoms with van der Waals surface area (Å²) in [5.74, 6) is 0. The van der Waals surface area contributed by atoms with Gasteiger partial charge < -0.3 is 0 Å². The molecular weight excluding hydrogens is 197 g/mol. The molecule has 0 radical (unpaired) electrons. The Hall–Kier alpha value is 2.24. The van der Waals surface area contributed by atoms with Crippen molar-refractivity contribution in [3.8, 4) is 0 Å².